The lowest BCUT2D eigenvalue weighted by molar-refractivity contribution is -0.149. The number of rotatable bonds is 2. The van der Waals surface area contributed by atoms with Crippen LogP contribution in [0.2, 0.25) is 0 Å². The normalized spacial score (nSPS) is 37.8. The summed E-state index contributed by atoms with van der Waals surface area (Å²) in [7, 11) is 0. The highest BCUT2D eigenvalue weighted by Gasteiger charge is 2.30. The summed E-state index contributed by atoms with van der Waals surface area (Å²) < 4.78 is 81.8. The van der Waals surface area contributed by atoms with Gasteiger partial charge in [0.1, 0.15) is 5.60 Å². The van der Waals surface area contributed by atoms with Gasteiger partial charge in [-0.3, -0.25) is 4.79 Å². The second-order valence-electron chi connectivity index (χ2n) is 4.38. The molecule has 18 heavy (non-hydrogen) atoms. The monoisotopic (exact) mass is 266 g/mol. The van der Waals surface area contributed by atoms with Crippen molar-refractivity contribution < 1.29 is 31.4 Å². The summed E-state index contributed by atoms with van der Waals surface area (Å²) in [5, 5.41) is 0. The van der Waals surface area contributed by atoms with Crippen LogP contribution in [0.1, 0.15) is 52.8 Å². The second kappa shape index (κ2) is 6.07. The number of carbonyl (C=O) groups is 2. The predicted octanol–water partition coefficient (Wildman–Crippen LogP) is 2.20. The quantitative estimate of drug-likeness (QED) is 0.719. The average Bonchev–Trinajstić information content (AvgIpc) is 2.41. The Morgan fingerprint density at radius 1 is 1.39 bits per heavy atom. The summed E-state index contributed by atoms with van der Waals surface area (Å²) in [6, 6.07) is 0. The first kappa shape index (κ1) is 6.26. The Bertz CT molecular complexity index is 602. The van der Waals surface area contributed by atoms with Gasteiger partial charge in [-0.15, -0.1) is 0 Å². The van der Waals surface area contributed by atoms with Gasteiger partial charge in [-0.25, -0.2) is 4.79 Å². The van der Waals surface area contributed by atoms with Crippen molar-refractivity contribution in [1.29, 1.82) is 0 Å². The molecule has 104 valence electrons. The summed E-state index contributed by atoms with van der Waals surface area (Å²) in [6.45, 7) is -2.11. The molecular weight excluding hydrogens is 234 g/mol. The Morgan fingerprint density at radius 2 is 1.94 bits per heavy atom. The molecule has 1 aliphatic rings. The van der Waals surface area contributed by atoms with E-state index >= 15 is 0 Å². The van der Waals surface area contributed by atoms with Gasteiger partial charge in [0.25, 0.3) is 0 Å². The molecular formula is C13H23NO4. The standard InChI is InChI=1S/C13H23NO4/c1-5-17-11(15)10-6-8-14(9-7-10)12(16)18-13(2,3)4/h10H,5-9H2,1-4H3/i6D2,7D2,8D2,9D2,10D. The number of piperidine rings is 1. The molecule has 5 heteroatoms. The van der Waals surface area contributed by atoms with Gasteiger partial charge in [0.05, 0.1) is 12.5 Å². The fraction of sp³-hybridized carbons (Fsp3) is 0.846. The third-order valence-corrected chi connectivity index (χ3v) is 1.64. The third-order valence-electron chi connectivity index (χ3n) is 1.64. The highest BCUT2D eigenvalue weighted by Crippen LogP contribution is 2.20. The lowest BCUT2D eigenvalue weighted by atomic mass is 9.97. The molecule has 1 aliphatic heterocycles. The van der Waals surface area contributed by atoms with Crippen LogP contribution >= 0.6 is 0 Å². The fourth-order valence-electron chi connectivity index (χ4n) is 0.987. The largest absolute Gasteiger partial charge is 0.466 e. The first-order valence-electron chi connectivity index (χ1n) is 9.94. The molecule has 0 aromatic carbocycles. The van der Waals surface area contributed by atoms with E-state index in [1.54, 1.807) is 0 Å². The first-order valence-corrected chi connectivity index (χ1v) is 5.44. The van der Waals surface area contributed by atoms with Crippen LogP contribution in [0, 0.1) is 5.89 Å². The molecule has 0 spiro atoms. The van der Waals surface area contributed by atoms with E-state index in [1.165, 1.54) is 27.7 Å². The van der Waals surface area contributed by atoms with Crippen LogP contribution in [0.3, 0.4) is 0 Å². The van der Waals surface area contributed by atoms with E-state index < -0.39 is 49.3 Å². The Kier molecular flexibility index (Phi) is 2.11. The van der Waals surface area contributed by atoms with Gasteiger partial charge in [-0.2, -0.15) is 0 Å². The average molecular weight is 266 g/mol. The molecule has 0 aromatic rings. The van der Waals surface area contributed by atoms with E-state index in [9.17, 15) is 9.59 Å². The molecule has 1 heterocycles. The van der Waals surface area contributed by atoms with E-state index in [2.05, 4.69) is 4.74 Å². The Hall–Kier alpha value is -1.26. The maximum Gasteiger partial charge on any atom is 0.410 e. The molecule has 0 unspecified atom stereocenters. The number of hydrogen-bond acceptors (Lipinski definition) is 4. The van der Waals surface area contributed by atoms with Crippen molar-refractivity contribution in [2.75, 3.05) is 19.6 Å². The maximum atomic E-state index is 12.4. The smallest absolute Gasteiger partial charge is 0.410 e. The number of hydrogen-bond donors (Lipinski definition) is 0. The lowest BCUT2D eigenvalue weighted by Gasteiger charge is -2.32. The topological polar surface area (TPSA) is 55.8 Å². The molecule has 0 N–H and O–H groups in total. The number of amides is 1. The van der Waals surface area contributed by atoms with E-state index in [4.69, 9.17) is 17.1 Å². The summed E-state index contributed by atoms with van der Waals surface area (Å²) in [5.41, 5.74) is -1.22. The highest BCUT2D eigenvalue weighted by molar-refractivity contribution is 5.73. The van der Waals surface area contributed by atoms with Crippen molar-refractivity contribution in [2.24, 2.45) is 5.89 Å². The number of esters is 1. The van der Waals surface area contributed by atoms with Crippen LogP contribution in [0.15, 0.2) is 0 Å². The zero-order valence-corrected chi connectivity index (χ0v) is 10.8. The van der Waals surface area contributed by atoms with Gasteiger partial charge >= 0.3 is 12.1 Å². The van der Waals surface area contributed by atoms with Crippen LogP contribution in [-0.2, 0) is 14.3 Å². The van der Waals surface area contributed by atoms with Gasteiger partial charge < -0.3 is 14.4 Å². The third kappa shape index (κ3) is 4.55. The van der Waals surface area contributed by atoms with E-state index in [-0.39, 0.29) is 11.5 Å². The highest BCUT2D eigenvalue weighted by atomic mass is 16.6. The molecule has 0 aliphatic carbocycles. The minimum atomic E-state index is -3.70. The van der Waals surface area contributed by atoms with Crippen molar-refractivity contribution in [3.05, 3.63) is 0 Å². The number of carbonyl (C=O) groups excluding carboxylic acids is 2. The maximum absolute atomic E-state index is 12.4. The molecule has 0 saturated carbocycles. The van der Waals surface area contributed by atoms with E-state index in [0.29, 0.717) is 0 Å². The van der Waals surface area contributed by atoms with Crippen molar-refractivity contribution in [3.63, 3.8) is 0 Å². The van der Waals surface area contributed by atoms with Crippen LogP contribution in [-0.4, -0.2) is 42.2 Å². The van der Waals surface area contributed by atoms with Crippen LogP contribution in [0.5, 0.6) is 0 Å². The van der Waals surface area contributed by atoms with Crippen molar-refractivity contribution in [1.82, 2.24) is 4.90 Å². The second-order valence-corrected chi connectivity index (χ2v) is 4.38. The van der Waals surface area contributed by atoms with Crippen LogP contribution in [0.25, 0.3) is 0 Å². The SMILES string of the molecule is [2H]C1([2H])N(C(=O)OC(C)(C)C)C([2H])([2H])C([2H])([2H])C([2H])(C(=O)OCC)C1([2H])[2H]. The molecule has 0 aromatic heterocycles. The van der Waals surface area contributed by atoms with Gasteiger partial charge in [0, 0.05) is 25.3 Å². The molecule has 1 saturated heterocycles. The minimum absolute atomic E-state index is 0.364. The summed E-state index contributed by atoms with van der Waals surface area (Å²) in [4.78, 5) is 24.4. The van der Waals surface area contributed by atoms with Gasteiger partial charge in [-0.05, 0) is 40.4 Å². The van der Waals surface area contributed by atoms with Crippen LogP contribution in [0.4, 0.5) is 4.79 Å². The van der Waals surface area contributed by atoms with Crippen molar-refractivity contribution >= 4 is 12.1 Å². The number of nitrogens with zero attached hydrogens (tertiary/aromatic N) is 1. The lowest BCUT2D eigenvalue weighted by Crippen LogP contribution is -2.43. The molecule has 1 rings (SSSR count). The molecule has 1 amide bonds. The Balaban J connectivity index is 3.75. The first-order chi connectivity index (χ1) is 11.7. The zero-order valence-electron chi connectivity index (χ0n) is 19.8. The number of likely N-dealkylation sites (tertiary alicyclic amines) is 1. The summed E-state index contributed by atoms with van der Waals surface area (Å²) in [6.07, 6.45) is -9.06. The molecule has 0 bridgehead atoms. The number of ether oxygens (including phenoxy) is 2. The van der Waals surface area contributed by atoms with Gasteiger partial charge in [-0.1, -0.05) is 0 Å². The summed E-state index contributed by atoms with van der Waals surface area (Å²) >= 11 is 0. The molecule has 5 nitrogen and oxygen atoms in total. The molecule has 1 fully saturated rings. The molecule has 0 radical (unpaired) electrons. The van der Waals surface area contributed by atoms with Gasteiger partial charge in [0.2, 0.25) is 0 Å². The van der Waals surface area contributed by atoms with Crippen LogP contribution < -0.4 is 0 Å². The van der Waals surface area contributed by atoms with E-state index in [0.717, 1.165) is 0 Å². The minimum Gasteiger partial charge on any atom is -0.466 e. The van der Waals surface area contributed by atoms with E-state index in [1.807, 2.05) is 0 Å². The predicted molar refractivity (Wildman–Crippen MR) is 67.2 cm³/mol. The Labute approximate surface area is 121 Å². The van der Waals surface area contributed by atoms with Crippen molar-refractivity contribution in [3.8, 4) is 0 Å². The van der Waals surface area contributed by atoms with Crippen molar-refractivity contribution in [2.45, 2.75) is 46.0 Å². The fourth-order valence-corrected chi connectivity index (χ4v) is 0.987. The Morgan fingerprint density at radius 3 is 2.39 bits per heavy atom. The zero-order chi connectivity index (χ0) is 21.9. The molecule has 0 atom stereocenters. The van der Waals surface area contributed by atoms with Gasteiger partial charge in [0.15, 0.2) is 0 Å². The summed E-state index contributed by atoms with van der Waals surface area (Å²) in [5.74, 6) is -5.43.